The number of esters is 4. The lowest BCUT2D eigenvalue weighted by Gasteiger charge is -2.21. The first kappa shape index (κ1) is 82.1. The zero-order valence-corrected chi connectivity index (χ0v) is 56.1. The Hall–Kier alpha value is -1.94. The monoisotopic (exact) mass is 1240 g/mol. The molecule has 84 heavy (non-hydrogen) atoms. The van der Waals surface area contributed by atoms with Crippen molar-refractivity contribution in [1.82, 2.24) is 0 Å². The zero-order chi connectivity index (χ0) is 62.4. The van der Waals surface area contributed by atoms with Crippen molar-refractivity contribution in [2.45, 2.75) is 336 Å². The highest BCUT2D eigenvalue weighted by atomic mass is 31.2. The largest absolute Gasteiger partial charge is 0.472 e. The van der Waals surface area contributed by atoms with E-state index >= 15 is 0 Å². The van der Waals surface area contributed by atoms with Gasteiger partial charge in [-0.1, -0.05) is 267 Å². The molecule has 0 rings (SSSR count). The molecular weight excluding hydrogens is 1110 g/mol. The quantitative estimate of drug-likeness (QED) is 0.0222. The van der Waals surface area contributed by atoms with Crippen LogP contribution in [0, 0.1) is 17.8 Å². The standard InChI is InChI=1S/C65H126O17P2/c1-8-9-10-11-12-13-14-15-16-17-18-19-24-34-41-48-64(69)81-60(52-75-62(67)46-39-32-23-21-20-22-29-36-43-56(2)3)54-79-83(71,72)77-50-59(66)51-78-84(73,74)80-55-61(82-65(70)49-42-35-28-26-31-38-45-58(6)7)53-76-63(68)47-40-33-27-25-30-37-44-57(4)5/h56-61,66H,8-55H2,1-7H3,(H,71,72)(H,73,74)/t59-,60-,61-/m1/s1. The van der Waals surface area contributed by atoms with Gasteiger partial charge in [-0.2, -0.15) is 0 Å². The minimum absolute atomic E-state index is 0.101. The summed E-state index contributed by atoms with van der Waals surface area (Å²) in [5.74, 6) is -0.0645. The Kier molecular flexibility index (Phi) is 55.0. The van der Waals surface area contributed by atoms with E-state index in [4.69, 9.17) is 37.0 Å². The number of aliphatic hydroxyl groups is 1. The van der Waals surface area contributed by atoms with Crippen LogP contribution in [-0.2, 0) is 65.4 Å². The van der Waals surface area contributed by atoms with Gasteiger partial charge < -0.3 is 33.8 Å². The van der Waals surface area contributed by atoms with Crippen molar-refractivity contribution in [3.63, 3.8) is 0 Å². The average molecular weight is 1240 g/mol. The van der Waals surface area contributed by atoms with E-state index in [-0.39, 0.29) is 25.7 Å². The SMILES string of the molecule is CCCCCCCCCCCCCCCCCC(=O)O[C@H](COC(=O)CCCCCCCCCCC(C)C)COP(=O)(O)OC[C@@H](O)COP(=O)(O)OC[C@@H](COC(=O)CCCCCCCCC(C)C)OC(=O)CCCCCCCCC(C)C. The number of unbranched alkanes of at least 4 members (excludes halogenated alkanes) is 31. The molecule has 0 saturated carbocycles. The third kappa shape index (κ3) is 59.0. The topological polar surface area (TPSA) is 237 Å². The fourth-order valence-electron chi connectivity index (χ4n) is 9.66. The molecule has 0 spiro atoms. The van der Waals surface area contributed by atoms with E-state index in [2.05, 4.69) is 48.5 Å². The first-order valence-electron chi connectivity index (χ1n) is 33.8. The number of phosphoric ester groups is 2. The van der Waals surface area contributed by atoms with Crippen molar-refractivity contribution < 1.29 is 80.2 Å². The van der Waals surface area contributed by atoms with E-state index in [1.165, 1.54) is 122 Å². The molecule has 0 amide bonds. The summed E-state index contributed by atoms with van der Waals surface area (Å²) in [4.78, 5) is 72.2. The second-order valence-electron chi connectivity index (χ2n) is 24.9. The van der Waals surface area contributed by atoms with Crippen LogP contribution in [0.1, 0.15) is 318 Å². The van der Waals surface area contributed by atoms with Gasteiger partial charge in [-0.15, -0.1) is 0 Å². The highest BCUT2D eigenvalue weighted by molar-refractivity contribution is 7.47. The Morgan fingerprint density at radius 3 is 0.810 bits per heavy atom. The lowest BCUT2D eigenvalue weighted by atomic mass is 10.0. The molecule has 5 atom stereocenters. The van der Waals surface area contributed by atoms with Crippen LogP contribution in [0.5, 0.6) is 0 Å². The number of hydrogen-bond acceptors (Lipinski definition) is 15. The summed E-state index contributed by atoms with van der Waals surface area (Å²) in [5.41, 5.74) is 0. The van der Waals surface area contributed by atoms with Gasteiger partial charge in [0.15, 0.2) is 12.2 Å². The van der Waals surface area contributed by atoms with Crippen LogP contribution < -0.4 is 0 Å². The smallest absolute Gasteiger partial charge is 0.462 e. The highest BCUT2D eigenvalue weighted by Gasteiger charge is 2.30. The lowest BCUT2D eigenvalue weighted by Crippen LogP contribution is -2.30. The number of phosphoric acid groups is 2. The number of ether oxygens (including phenoxy) is 4. The maximum absolute atomic E-state index is 13.0. The predicted octanol–water partition coefficient (Wildman–Crippen LogP) is 17.9. The Bertz CT molecular complexity index is 1660. The number of rotatable bonds is 63. The van der Waals surface area contributed by atoms with Crippen molar-refractivity contribution in [2.24, 2.45) is 17.8 Å². The summed E-state index contributed by atoms with van der Waals surface area (Å²) < 4.78 is 68.0. The van der Waals surface area contributed by atoms with Gasteiger partial charge in [0.1, 0.15) is 19.3 Å². The second-order valence-corrected chi connectivity index (χ2v) is 27.8. The molecule has 0 aromatic heterocycles. The maximum atomic E-state index is 13.0. The van der Waals surface area contributed by atoms with Crippen LogP contribution in [-0.4, -0.2) is 96.7 Å². The van der Waals surface area contributed by atoms with Gasteiger partial charge >= 0.3 is 39.5 Å². The molecule has 0 aliphatic carbocycles. The molecule has 0 radical (unpaired) electrons. The second kappa shape index (κ2) is 56.3. The van der Waals surface area contributed by atoms with Crippen molar-refractivity contribution in [2.75, 3.05) is 39.6 Å². The predicted molar refractivity (Wildman–Crippen MR) is 335 cm³/mol. The molecular formula is C65H126O17P2. The van der Waals surface area contributed by atoms with E-state index in [0.29, 0.717) is 37.5 Å². The Balaban J connectivity index is 5.23. The molecule has 2 unspecified atom stereocenters. The lowest BCUT2D eigenvalue weighted by molar-refractivity contribution is -0.161. The van der Waals surface area contributed by atoms with Gasteiger partial charge in [0.05, 0.1) is 26.4 Å². The summed E-state index contributed by atoms with van der Waals surface area (Å²) in [6, 6.07) is 0. The number of carbonyl (C=O) groups excluding carboxylic acids is 4. The van der Waals surface area contributed by atoms with Gasteiger partial charge in [-0.05, 0) is 43.4 Å². The van der Waals surface area contributed by atoms with Crippen LogP contribution in [0.4, 0.5) is 0 Å². The fraction of sp³-hybridized carbons (Fsp3) is 0.938. The molecule has 0 saturated heterocycles. The average Bonchev–Trinajstić information content (AvgIpc) is 3.44. The van der Waals surface area contributed by atoms with E-state index < -0.39 is 97.5 Å². The fourth-order valence-corrected chi connectivity index (χ4v) is 11.2. The van der Waals surface area contributed by atoms with Crippen LogP contribution in [0.3, 0.4) is 0 Å². The van der Waals surface area contributed by atoms with Crippen molar-refractivity contribution in [3.8, 4) is 0 Å². The highest BCUT2D eigenvalue weighted by Crippen LogP contribution is 2.45. The molecule has 498 valence electrons. The van der Waals surface area contributed by atoms with Crippen LogP contribution in [0.25, 0.3) is 0 Å². The molecule has 17 nitrogen and oxygen atoms in total. The molecule has 3 N–H and O–H groups in total. The third-order valence-electron chi connectivity index (χ3n) is 14.9. The molecule has 0 aromatic carbocycles. The van der Waals surface area contributed by atoms with E-state index in [1.54, 1.807) is 0 Å². The molecule has 0 aliphatic rings. The van der Waals surface area contributed by atoms with Crippen LogP contribution >= 0.6 is 15.6 Å². The number of hydrogen-bond donors (Lipinski definition) is 3. The first-order chi connectivity index (χ1) is 40.2. The Morgan fingerprint density at radius 2 is 0.548 bits per heavy atom. The van der Waals surface area contributed by atoms with Crippen molar-refractivity contribution in [1.29, 1.82) is 0 Å². The Morgan fingerprint density at radius 1 is 0.321 bits per heavy atom. The maximum Gasteiger partial charge on any atom is 0.472 e. The van der Waals surface area contributed by atoms with Crippen molar-refractivity contribution in [3.05, 3.63) is 0 Å². The molecule has 0 aromatic rings. The summed E-state index contributed by atoms with van der Waals surface area (Å²) in [6.45, 7) is 11.6. The van der Waals surface area contributed by atoms with Gasteiger partial charge in [-0.25, -0.2) is 9.13 Å². The van der Waals surface area contributed by atoms with Crippen LogP contribution in [0.15, 0.2) is 0 Å². The number of carbonyl (C=O) groups is 4. The number of aliphatic hydroxyl groups excluding tert-OH is 1. The summed E-state index contributed by atoms with van der Waals surface area (Å²) >= 11 is 0. The van der Waals surface area contributed by atoms with Gasteiger partial charge in [0, 0.05) is 25.7 Å². The molecule has 0 fully saturated rings. The minimum Gasteiger partial charge on any atom is -0.462 e. The molecule has 0 heterocycles. The first-order valence-corrected chi connectivity index (χ1v) is 36.8. The van der Waals surface area contributed by atoms with Gasteiger partial charge in [-0.3, -0.25) is 37.3 Å². The Labute approximate surface area is 511 Å². The van der Waals surface area contributed by atoms with E-state index in [9.17, 15) is 43.2 Å². The molecule has 19 heteroatoms. The molecule has 0 bridgehead atoms. The third-order valence-corrected chi connectivity index (χ3v) is 16.8. The van der Waals surface area contributed by atoms with Crippen LogP contribution in [0.2, 0.25) is 0 Å². The minimum atomic E-state index is -4.95. The van der Waals surface area contributed by atoms with Gasteiger partial charge in [0.2, 0.25) is 0 Å². The molecule has 0 aliphatic heterocycles. The van der Waals surface area contributed by atoms with Gasteiger partial charge in [0.25, 0.3) is 0 Å². The zero-order valence-electron chi connectivity index (χ0n) is 54.4. The normalized spacial score (nSPS) is 14.3. The summed E-state index contributed by atoms with van der Waals surface area (Å²) in [7, 11) is -9.89. The van der Waals surface area contributed by atoms with E-state index in [0.717, 1.165) is 102 Å². The van der Waals surface area contributed by atoms with E-state index in [1.807, 2.05) is 0 Å². The summed E-state index contributed by atoms with van der Waals surface area (Å²) in [5, 5.41) is 10.5. The van der Waals surface area contributed by atoms with Crippen molar-refractivity contribution >= 4 is 39.5 Å². The summed E-state index contributed by atoms with van der Waals surface area (Å²) in [6.07, 6.45) is 37.9.